The molecular weight excluding hydrogens is 875 g/mol. The number of anilines is 4. The molecule has 0 saturated heterocycles. The minimum absolute atomic E-state index is 0.00458. The first kappa shape index (κ1) is 49.0. The highest BCUT2D eigenvalue weighted by Crippen LogP contribution is 2.34. The van der Waals surface area contributed by atoms with Crippen LogP contribution in [0.3, 0.4) is 0 Å². The smallest absolute Gasteiger partial charge is 0.320 e. The van der Waals surface area contributed by atoms with Crippen LogP contribution in [0.4, 0.5) is 31.8 Å². The van der Waals surface area contributed by atoms with E-state index >= 15 is 0 Å². The second-order valence-corrected chi connectivity index (χ2v) is 15.1. The van der Waals surface area contributed by atoms with E-state index in [4.69, 9.17) is 47.9 Å². The Bertz CT molecular complexity index is 2400. The van der Waals surface area contributed by atoms with E-state index < -0.39 is 35.6 Å². The molecule has 64 heavy (non-hydrogen) atoms. The van der Waals surface area contributed by atoms with Crippen molar-refractivity contribution in [1.29, 1.82) is 0 Å². The summed E-state index contributed by atoms with van der Waals surface area (Å²) < 4.78 is 50.2. The fraction of sp³-hybridized carbons (Fsp3) is 0.318. The van der Waals surface area contributed by atoms with Crippen LogP contribution in [0.1, 0.15) is 25.0 Å². The number of benzene rings is 4. The molecule has 0 fully saturated rings. The molecular formula is C44H49Cl2F2N9O7. The third-order valence-corrected chi connectivity index (χ3v) is 10.8. The van der Waals surface area contributed by atoms with Crippen molar-refractivity contribution in [2.24, 2.45) is 5.73 Å². The van der Waals surface area contributed by atoms with Gasteiger partial charge in [0.05, 0.1) is 65.9 Å². The van der Waals surface area contributed by atoms with Gasteiger partial charge >= 0.3 is 5.97 Å². The molecule has 20 heteroatoms. The number of carbonyl (C=O) groups is 2. The maximum atomic E-state index is 14.4. The van der Waals surface area contributed by atoms with Crippen LogP contribution < -0.4 is 25.8 Å². The number of carboxylic acid groups (broad SMARTS) is 1. The number of nitrogens with two attached hydrogens (primary N) is 1. The van der Waals surface area contributed by atoms with Gasteiger partial charge < -0.3 is 40.4 Å². The average Bonchev–Trinajstić information content (AvgIpc) is 3.28. The fourth-order valence-corrected chi connectivity index (χ4v) is 6.90. The Kier molecular flexibility index (Phi) is 17.7. The number of ether oxygens (including phenoxy) is 4. The van der Waals surface area contributed by atoms with Crippen LogP contribution >= 0.6 is 23.2 Å². The lowest BCUT2D eigenvalue weighted by molar-refractivity contribution is -0.143. The molecule has 6 rings (SSSR count). The standard InChI is InChI=1S/C22H25ClFN5O3.C22H24ClFN4O4/c1-13(21(25)30)29(7-8-31-2)11-14-9-15-18(10-19(14)32-3)26-12-27-22(15)28-17-6-4-5-16(23)20(17)24;1-13(22(29)30)28(7-8-31-2)11-14-9-15-18(10-19(14)32-3)25-12-26-21(15)27-17-6-4-5-16(23)20(17)24/h4-6,9-10,12-13H,7-8,11H2,1-3H3,(H2,25,30)(H,26,27,28);4-6,9-10,12-13H,7-8,11H2,1-3H3,(H,29,30)(H,25,26,27)/t2*13-/m11/s1. The third-order valence-electron chi connectivity index (χ3n) is 10.3. The Morgan fingerprint density at radius 3 is 1.50 bits per heavy atom. The number of aromatic nitrogens is 4. The van der Waals surface area contributed by atoms with Gasteiger partial charge in [0.2, 0.25) is 5.91 Å². The molecule has 0 unspecified atom stereocenters. The van der Waals surface area contributed by atoms with Crippen molar-refractivity contribution >= 4 is 79.9 Å². The van der Waals surface area contributed by atoms with E-state index in [0.717, 1.165) is 11.1 Å². The lowest BCUT2D eigenvalue weighted by Crippen LogP contribution is -2.43. The number of halogens is 4. The van der Waals surface area contributed by atoms with E-state index in [2.05, 4.69) is 30.6 Å². The van der Waals surface area contributed by atoms with Crippen LogP contribution in [-0.4, -0.2) is 114 Å². The van der Waals surface area contributed by atoms with Crippen LogP contribution in [-0.2, 0) is 32.2 Å². The number of rotatable bonds is 20. The van der Waals surface area contributed by atoms with Gasteiger partial charge in [0.25, 0.3) is 0 Å². The molecule has 0 saturated carbocycles. The predicted molar refractivity (Wildman–Crippen MR) is 242 cm³/mol. The van der Waals surface area contributed by atoms with E-state index in [0.29, 0.717) is 77.8 Å². The molecule has 2 atom stereocenters. The summed E-state index contributed by atoms with van der Waals surface area (Å²) in [5.41, 5.74) is 8.61. The fourth-order valence-electron chi connectivity index (χ4n) is 6.55. The number of primary amides is 1. The molecule has 6 aromatic rings. The zero-order chi connectivity index (χ0) is 46.5. The van der Waals surface area contributed by atoms with E-state index in [1.54, 1.807) is 76.5 Å². The number of hydrogen-bond acceptors (Lipinski definition) is 14. The van der Waals surface area contributed by atoms with Crippen molar-refractivity contribution in [3.63, 3.8) is 0 Å². The Morgan fingerprint density at radius 2 is 1.12 bits per heavy atom. The summed E-state index contributed by atoms with van der Waals surface area (Å²) in [5, 5.41) is 16.7. The maximum absolute atomic E-state index is 14.4. The third kappa shape index (κ3) is 12.2. The second kappa shape index (κ2) is 23.1. The molecule has 1 amide bonds. The van der Waals surface area contributed by atoms with Crippen molar-refractivity contribution in [2.45, 2.75) is 39.0 Å². The molecule has 0 radical (unpaired) electrons. The van der Waals surface area contributed by atoms with Crippen molar-refractivity contribution in [1.82, 2.24) is 29.7 Å². The van der Waals surface area contributed by atoms with Crippen molar-refractivity contribution < 1.29 is 42.4 Å². The van der Waals surface area contributed by atoms with Gasteiger partial charge in [-0.05, 0) is 50.2 Å². The van der Waals surface area contributed by atoms with Crippen LogP contribution in [0.2, 0.25) is 10.0 Å². The largest absolute Gasteiger partial charge is 0.496 e. The highest BCUT2D eigenvalue weighted by molar-refractivity contribution is 6.31. The van der Waals surface area contributed by atoms with Crippen molar-refractivity contribution in [3.8, 4) is 11.5 Å². The Morgan fingerprint density at radius 1 is 0.703 bits per heavy atom. The molecule has 0 aliphatic heterocycles. The molecule has 0 spiro atoms. The molecule has 0 bridgehead atoms. The SMILES string of the molecule is COCCN(Cc1cc2c(Nc3cccc(Cl)c3F)ncnc2cc1OC)[C@H](C)C(=O)O.COCCN(Cc1cc2c(Nc3cccc(Cl)c3F)ncnc2cc1OC)[C@H](C)C(N)=O. The predicted octanol–water partition coefficient (Wildman–Crippen LogP) is 7.59. The van der Waals surface area contributed by atoms with Gasteiger partial charge in [0, 0.05) is 74.4 Å². The number of nitrogens with one attached hydrogen (secondary N) is 2. The van der Waals surface area contributed by atoms with Crippen LogP contribution in [0.5, 0.6) is 11.5 Å². The summed E-state index contributed by atoms with van der Waals surface area (Å²) in [5.74, 6) is -0.607. The highest BCUT2D eigenvalue weighted by atomic mass is 35.5. The van der Waals surface area contributed by atoms with E-state index in [1.165, 1.54) is 31.9 Å². The number of aliphatic carboxylic acids is 1. The quantitative estimate of drug-likeness (QED) is 0.0583. The number of amides is 1. The van der Waals surface area contributed by atoms with E-state index in [9.17, 15) is 23.5 Å². The topological polar surface area (TPSA) is 199 Å². The molecule has 2 heterocycles. The number of methoxy groups -OCH3 is 4. The van der Waals surface area contributed by atoms with Gasteiger partial charge in [-0.25, -0.2) is 28.7 Å². The van der Waals surface area contributed by atoms with Crippen molar-refractivity contribution in [3.05, 3.63) is 106 Å². The Hall–Kier alpha value is -6.02. The minimum Gasteiger partial charge on any atom is -0.496 e. The first-order valence-electron chi connectivity index (χ1n) is 19.7. The lowest BCUT2D eigenvalue weighted by Gasteiger charge is -2.27. The van der Waals surface area contributed by atoms with E-state index in [-0.39, 0.29) is 28.0 Å². The maximum Gasteiger partial charge on any atom is 0.320 e. The van der Waals surface area contributed by atoms with Crippen LogP contribution in [0, 0.1) is 11.6 Å². The summed E-state index contributed by atoms with van der Waals surface area (Å²) in [4.78, 5) is 44.2. The normalized spacial score (nSPS) is 12.2. The van der Waals surface area contributed by atoms with Gasteiger partial charge in [-0.3, -0.25) is 19.4 Å². The second-order valence-electron chi connectivity index (χ2n) is 14.3. The lowest BCUT2D eigenvalue weighted by atomic mass is 10.1. The molecule has 0 aliphatic carbocycles. The van der Waals surface area contributed by atoms with E-state index in [1.807, 2.05) is 17.0 Å². The first-order chi connectivity index (χ1) is 30.7. The average molecular weight is 925 g/mol. The highest BCUT2D eigenvalue weighted by Gasteiger charge is 2.24. The Labute approximate surface area is 378 Å². The van der Waals surface area contributed by atoms with Gasteiger partial charge in [0.1, 0.15) is 41.8 Å². The van der Waals surface area contributed by atoms with Gasteiger partial charge in [-0.2, -0.15) is 0 Å². The summed E-state index contributed by atoms with van der Waals surface area (Å²) >= 11 is 11.8. The number of carboxylic acids is 1. The first-order valence-corrected chi connectivity index (χ1v) is 20.5. The molecule has 2 aromatic heterocycles. The van der Waals surface area contributed by atoms with Gasteiger partial charge in [-0.15, -0.1) is 0 Å². The molecule has 340 valence electrons. The summed E-state index contributed by atoms with van der Waals surface area (Å²) in [6, 6.07) is 15.3. The summed E-state index contributed by atoms with van der Waals surface area (Å²) in [6.45, 7) is 5.71. The zero-order valence-corrected chi connectivity index (χ0v) is 37.5. The summed E-state index contributed by atoms with van der Waals surface area (Å²) in [6.07, 6.45) is 2.75. The number of hydrogen-bond donors (Lipinski definition) is 4. The van der Waals surface area contributed by atoms with Gasteiger partial charge in [0.15, 0.2) is 11.6 Å². The van der Waals surface area contributed by atoms with Crippen LogP contribution in [0.15, 0.2) is 73.3 Å². The summed E-state index contributed by atoms with van der Waals surface area (Å²) in [7, 11) is 6.24. The monoisotopic (exact) mass is 923 g/mol. The number of nitrogens with zero attached hydrogens (tertiary/aromatic N) is 6. The Balaban J connectivity index is 0.000000241. The molecule has 0 aliphatic rings. The molecule has 4 aromatic carbocycles. The molecule has 5 N–H and O–H groups in total. The molecule has 16 nitrogen and oxygen atoms in total. The number of carbonyl (C=O) groups excluding carboxylic acids is 1. The van der Waals surface area contributed by atoms with Gasteiger partial charge in [-0.1, -0.05) is 35.3 Å². The number of fused-ring (bicyclic) bond motifs is 2. The van der Waals surface area contributed by atoms with Crippen molar-refractivity contribution in [2.75, 3.05) is 65.4 Å². The minimum atomic E-state index is -0.942. The zero-order valence-electron chi connectivity index (χ0n) is 36.0. The van der Waals surface area contributed by atoms with Crippen LogP contribution in [0.25, 0.3) is 21.8 Å².